The van der Waals surface area contributed by atoms with Crippen LogP contribution in [0.1, 0.15) is 54.4 Å². The second-order valence-corrected chi connectivity index (χ2v) is 5.24. The van der Waals surface area contributed by atoms with E-state index in [0.29, 0.717) is 23.7 Å². The molecule has 1 aliphatic rings. The fourth-order valence-electron chi connectivity index (χ4n) is 2.60. The van der Waals surface area contributed by atoms with E-state index in [-0.39, 0.29) is 5.82 Å². The van der Waals surface area contributed by atoms with Gasteiger partial charge in [-0.3, -0.25) is 4.79 Å². The van der Waals surface area contributed by atoms with Gasteiger partial charge in [0.15, 0.2) is 0 Å². The summed E-state index contributed by atoms with van der Waals surface area (Å²) in [5.74, 6) is -0.804. The molecule has 104 valence electrons. The molecule has 4 heteroatoms. The molecule has 3 N–H and O–H groups in total. The molecule has 0 heterocycles. The Balaban J connectivity index is 1.97. The summed E-state index contributed by atoms with van der Waals surface area (Å²) < 4.78 is 13.7. The quantitative estimate of drug-likeness (QED) is 0.822. The topological polar surface area (TPSA) is 55.1 Å². The molecule has 0 aromatic heterocycles. The molecule has 0 atom stereocenters. The van der Waals surface area contributed by atoms with Gasteiger partial charge in [0.2, 0.25) is 5.91 Å². The van der Waals surface area contributed by atoms with Gasteiger partial charge in [0.25, 0.3) is 0 Å². The Bertz CT molecular complexity index is 440. The average Bonchev–Trinajstić information content (AvgIpc) is 2.66. The van der Waals surface area contributed by atoms with Gasteiger partial charge in [-0.05, 0) is 31.0 Å². The van der Waals surface area contributed by atoms with Crippen molar-refractivity contribution < 1.29 is 9.18 Å². The van der Waals surface area contributed by atoms with Crippen LogP contribution < -0.4 is 11.1 Å². The lowest BCUT2D eigenvalue weighted by atomic mass is 10.1. The van der Waals surface area contributed by atoms with Gasteiger partial charge >= 0.3 is 0 Å². The van der Waals surface area contributed by atoms with Crippen LogP contribution in [-0.2, 0) is 6.54 Å². The molecule has 1 amide bonds. The second kappa shape index (κ2) is 6.66. The van der Waals surface area contributed by atoms with Gasteiger partial charge in [0, 0.05) is 23.7 Å². The Morgan fingerprint density at radius 3 is 2.58 bits per heavy atom. The van der Waals surface area contributed by atoms with Gasteiger partial charge < -0.3 is 11.1 Å². The van der Waals surface area contributed by atoms with E-state index in [2.05, 4.69) is 5.32 Å². The summed E-state index contributed by atoms with van der Waals surface area (Å²) in [4.78, 5) is 11.1. The van der Waals surface area contributed by atoms with E-state index in [1.807, 2.05) is 0 Å². The minimum absolute atomic E-state index is 0.286. The molecule has 0 saturated heterocycles. The standard InChI is InChI=1S/C15H21FN2O/c16-14-8-7-11(15(17)19)9-12(14)10-18-13-5-3-1-2-4-6-13/h7-9,13,18H,1-6,10H2,(H2,17,19). The summed E-state index contributed by atoms with van der Waals surface area (Å²) in [7, 11) is 0. The molecule has 0 radical (unpaired) electrons. The maximum Gasteiger partial charge on any atom is 0.248 e. The maximum absolute atomic E-state index is 13.7. The molecule has 0 aliphatic heterocycles. The van der Waals surface area contributed by atoms with Crippen LogP contribution in [0, 0.1) is 5.82 Å². The molecule has 1 saturated carbocycles. The van der Waals surface area contributed by atoms with Crippen LogP contribution in [0.2, 0.25) is 0 Å². The number of benzene rings is 1. The minimum atomic E-state index is -0.518. The first kappa shape index (κ1) is 14.0. The number of carbonyl (C=O) groups excluding carboxylic acids is 1. The lowest BCUT2D eigenvalue weighted by molar-refractivity contribution is 0.1000. The number of hydrogen-bond donors (Lipinski definition) is 2. The fraction of sp³-hybridized carbons (Fsp3) is 0.533. The van der Waals surface area contributed by atoms with Crippen LogP contribution in [0.4, 0.5) is 4.39 Å². The predicted octanol–water partition coefficient (Wildman–Crippen LogP) is 2.74. The number of nitrogens with one attached hydrogen (secondary N) is 1. The third kappa shape index (κ3) is 4.03. The lowest BCUT2D eigenvalue weighted by Crippen LogP contribution is -2.28. The highest BCUT2D eigenvalue weighted by Crippen LogP contribution is 2.18. The highest BCUT2D eigenvalue weighted by atomic mass is 19.1. The van der Waals surface area contributed by atoms with Gasteiger partial charge in [-0.2, -0.15) is 0 Å². The van der Waals surface area contributed by atoms with Gasteiger partial charge in [-0.1, -0.05) is 25.7 Å². The van der Waals surface area contributed by atoms with Crippen molar-refractivity contribution in [2.24, 2.45) is 5.73 Å². The Hall–Kier alpha value is -1.42. The monoisotopic (exact) mass is 264 g/mol. The Kier molecular flexibility index (Phi) is 4.91. The largest absolute Gasteiger partial charge is 0.366 e. The van der Waals surface area contributed by atoms with E-state index in [1.165, 1.54) is 37.8 Å². The van der Waals surface area contributed by atoms with Crippen molar-refractivity contribution in [2.45, 2.75) is 51.1 Å². The molecule has 0 unspecified atom stereocenters. The molecule has 1 fully saturated rings. The van der Waals surface area contributed by atoms with E-state index in [4.69, 9.17) is 5.73 Å². The SMILES string of the molecule is NC(=O)c1ccc(F)c(CNC2CCCCCC2)c1. The Morgan fingerprint density at radius 2 is 1.95 bits per heavy atom. The number of rotatable bonds is 4. The van der Waals surface area contributed by atoms with Crippen molar-refractivity contribution in [1.29, 1.82) is 0 Å². The van der Waals surface area contributed by atoms with Crippen LogP contribution in [0.5, 0.6) is 0 Å². The smallest absolute Gasteiger partial charge is 0.248 e. The first-order valence-electron chi connectivity index (χ1n) is 6.98. The van der Waals surface area contributed by atoms with Crippen molar-refractivity contribution in [2.75, 3.05) is 0 Å². The molecule has 2 rings (SSSR count). The van der Waals surface area contributed by atoms with Crippen LogP contribution in [-0.4, -0.2) is 11.9 Å². The van der Waals surface area contributed by atoms with Gasteiger partial charge in [0.1, 0.15) is 5.82 Å². The summed E-state index contributed by atoms with van der Waals surface area (Å²) in [6.45, 7) is 0.456. The first-order valence-corrected chi connectivity index (χ1v) is 6.98. The summed E-state index contributed by atoms with van der Waals surface area (Å²) >= 11 is 0. The molecule has 1 aromatic rings. The summed E-state index contributed by atoms with van der Waals surface area (Å²) in [6, 6.07) is 4.73. The first-order chi connectivity index (χ1) is 9.16. The molecule has 3 nitrogen and oxygen atoms in total. The average molecular weight is 264 g/mol. The van der Waals surface area contributed by atoms with Gasteiger partial charge in [0.05, 0.1) is 0 Å². The molecular weight excluding hydrogens is 243 g/mol. The van der Waals surface area contributed by atoms with Crippen molar-refractivity contribution >= 4 is 5.91 Å². The third-order valence-corrected chi connectivity index (χ3v) is 3.77. The fourth-order valence-corrected chi connectivity index (χ4v) is 2.60. The van der Waals surface area contributed by atoms with Crippen molar-refractivity contribution in [1.82, 2.24) is 5.32 Å². The van der Waals surface area contributed by atoms with E-state index < -0.39 is 5.91 Å². The van der Waals surface area contributed by atoms with E-state index in [0.717, 1.165) is 12.8 Å². The molecule has 0 spiro atoms. The summed E-state index contributed by atoms with van der Waals surface area (Å²) in [6.07, 6.45) is 7.37. The number of primary amides is 1. The molecular formula is C15H21FN2O. The molecule has 1 aliphatic carbocycles. The van der Waals surface area contributed by atoms with Crippen LogP contribution in [0.25, 0.3) is 0 Å². The Morgan fingerprint density at radius 1 is 1.26 bits per heavy atom. The highest BCUT2D eigenvalue weighted by molar-refractivity contribution is 5.92. The summed E-state index contributed by atoms with van der Waals surface area (Å²) in [5, 5.41) is 3.39. The van der Waals surface area contributed by atoms with Gasteiger partial charge in [-0.15, -0.1) is 0 Å². The number of amides is 1. The second-order valence-electron chi connectivity index (χ2n) is 5.24. The zero-order valence-electron chi connectivity index (χ0n) is 11.1. The highest BCUT2D eigenvalue weighted by Gasteiger charge is 2.13. The van der Waals surface area contributed by atoms with Crippen molar-refractivity contribution in [3.05, 3.63) is 35.1 Å². The van der Waals surface area contributed by atoms with Crippen LogP contribution >= 0.6 is 0 Å². The van der Waals surface area contributed by atoms with Crippen LogP contribution in [0.15, 0.2) is 18.2 Å². The van der Waals surface area contributed by atoms with Crippen molar-refractivity contribution in [3.63, 3.8) is 0 Å². The van der Waals surface area contributed by atoms with Crippen LogP contribution in [0.3, 0.4) is 0 Å². The summed E-state index contributed by atoms with van der Waals surface area (Å²) in [5.41, 5.74) is 6.09. The zero-order chi connectivity index (χ0) is 13.7. The number of nitrogens with two attached hydrogens (primary N) is 1. The Labute approximate surface area is 113 Å². The normalized spacial score (nSPS) is 17.1. The minimum Gasteiger partial charge on any atom is -0.366 e. The number of carbonyl (C=O) groups is 1. The number of hydrogen-bond acceptors (Lipinski definition) is 2. The lowest BCUT2D eigenvalue weighted by Gasteiger charge is -2.16. The predicted molar refractivity (Wildman–Crippen MR) is 73.2 cm³/mol. The third-order valence-electron chi connectivity index (χ3n) is 3.77. The van der Waals surface area contributed by atoms with E-state index in [9.17, 15) is 9.18 Å². The molecule has 19 heavy (non-hydrogen) atoms. The maximum atomic E-state index is 13.7. The van der Waals surface area contributed by atoms with E-state index in [1.54, 1.807) is 6.07 Å². The van der Waals surface area contributed by atoms with Gasteiger partial charge in [-0.25, -0.2) is 4.39 Å². The van der Waals surface area contributed by atoms with Crippen molar-refractivity contribution in [3.8, 4) is 0 Å². The zero-order valence-corrected chi connectivity index (χ0v) is 11.1. The van der Waals surface area contributed by atoms with E-state index >= 15 is 0 Å². The molecule has 0 bridgehead atoms. The number of halogens is 1. The molecule has 1 aromatic carbocycles.